The summed E-state index contributed by atoms with van der Waals surface area (Å²) in [7, 11) is 0. The van der Waals surface area contributed by atoms with E-state index in [-0.39, 0.29) is 22.9 Å². The Morgan fingerprint density at radius 1 is 0.818 bits per heavy atom. The van der Waals surface area contributed by atoms with Gasteiger partial charge in [0.05, 0.1) is 5.92 Å². The van der Waals surface area contributed by atoms with Gasteiger partial charge in [0, 0.05) is 4.47 Å². The predicted octanol–water partition coefficient (Wildman–Crippen LogP) is 4.46. The Bertz CT molecular complexity index is 449. The summed E-state index contributed by atoms with van der Waals surface area (Å²) in [5, 5.41) is 0. The van der Waals surface area contributed by atoms with Crippen molar-refractivity contribution in [2.24, 2.45) is 0 Å². The predicted molar refractivity (Wildman–Crippen MR) is 90.1 cm³/mol. The minimum Gasteiger partial charge on any atom is -0.294 e. The van der Waals surface area contributed by atoms with E-state index < -0.39 is 0 Å². The molecule has 110 valence electrons. The van der Waals surface area contributed by atoms with Gasteiger partial charge in [0.15, 0.2) is 5.78 Å². The normalized spacial score (nSPS) is 17.9. The first-order chi connectivity index (χ1) is 10.3. The van der Waals surface area contributed by atoms with E-state index in [4.69, 9.17) is 0 Å². The molecule has 1 aromatic carbocycles. The number of halogens is 1. The summed E-state index contributed by atoms with van der Waals surface area (Å²) in [5.41, 5.74) is 1.02. The molecule has 0 N–H and O–H groups in total. The Kier molecular flexibility index (Phi) is 10.0. The zero-order valence-electron chi connectivity index (χ0n) is 11.8. The second-order valence-corrected chi connectivity index (χ2v) is 5.30. The van der Waals surface area contributed by atoms with Crippen LogP contribution in [0.15, 0.2) is 34.8 Å². The Morgan fingerprint density at radius 3 is 1.82 bits per heavy atom. The third kappa shape index (κ3) is 7.26. The number of hydrogen-bond acceptors (Lipinski definition) is 1. The molecule has 0 aliphatic heterocycles. The molecule has 0 atom stereocenters. The molecule has 0 unspecified atom stereocenters. The molecule has 0 saturated heterocycles. The van der Waals surface area contributed by atoms with Gasteiger partial charge in [-0.1, -0.05) is 34.1 Å². The maximum atomic E-state index is 11.6. The summed E-state index contributed by atoms with van der Waals surface area (Å²) < 4.78 is 1.03. The number of hydrogen-bond donors (Lipinski definition) is 0. The number of benzene rings is 1. The summed E-state index contributed by atoms with van der Waals surface area (Å²) in [6.45, 7) is 0. The first-order valence-electron chi connectivity index (χ1n) is 6.62. The van der Waals surface area contributed by atoms with Gasteiger partial charge in [0.2, 0.25) is 0 Å². The van der Waals surface area contributed by atoms with E-state index in [1.807, 2.05) is 88.1 Å². The smallest absolute Gasteiger partial charge is 0.294 e. The van der Waals surface area contributed by atoms with E-state index >= 15 is 0 Å². The molecule has 0 bridgehead atoms. The second kappa shape index (κ2) is 11.2. The molecule has 0 spiro atoms. The minimum absolute atomic E-state index is 0. The zero-order valence-corrected chi connectivity index (χ0v) is 14.5. The van der Waals surface area contributed by atoms with E-state index in [9.17, 15) is 4.79 Å². The largest absolute Gasteiger partial charge is 2.00 e. The summed E-state index contributed by atoms with van der Waals surface area (Å²) in [6.07, 6.45) is 20.8. The average molecular weight is 395 g/mol. The van der Waals surface area contributed by atoms with Crippen molar-refractivity contribution in [3.8, 4) is 0 Å². The van der Waals surface area contributed by atoms with E-state index in [1.165, 1.54) is 0 Å². The minimum atomic E-state index is 0. The number of carbonyl (C=O) groups is 1. The fraction of sp³-hybridized carbons (Fsp3) is 0. The summed E-state index contributed by atoms with van der Waals surface area (Å²) >= 11 is 3.37. The van der Waals surface area contributed by atoms with Crippen molar-refractivity contribution in [2.75, 3.05) is 0 Å². The second-order valence-electron chi connectivity index (χ2n) is 4.38. The molecular weight excluding hydrogens is 380 g/mol. The maximum Gasteiger partial charge on any atom is 2.00 e. The van der Waals surface area contributed by atoms with Crippen LogP contribution in [-0.2, 0) is 21.9 Å². The Hall–Kier alpha value is -0.371. The number of rotatable bonds is 3. The van der Waals surface area contributed by atoms with Crippen LogP contribution in [0.25, 0.3) is 6.08 Å². The van der Waals surface area contributed by atoms with Gasteiger partial charge in [-0.25, -0.2) is 0 Å². The Morgan fingerprint density at radius 2 is 1.32 bits per heavy atom. The standard InChI is InChI=1S/C14H10BrO.C5H5.Fe/c15-13-8-5-11(6-9-13)7-10-14(16)12-3-1-2-4-12;1-2-4-5-3-1;/h1-10H;1-5H;/q;;+2/b10-7+;;. The van der Waals surface area contributed by atoms with E-state index in [0.29, 0.717) is 0 Å². The molecular formula is C19H15BrFeO+2. The van der Waals surface area contributed by atoms with E-state index in [2.05, 4.69) is 15.9 Å². The quantitative estimate of drug-likeness (QED) is 0.546. The molecule has 2 saturated carbocycles. The maximum absolute atomic E-state index is 11.6. The Balaban J connectivity index is 0.000000344. The molecule has 10 radical (unpaired) electrons. The first kappa shape index (κ1) is 19.7. The van der Waals surface area contributed by atoms with Gasteiger partial charge in [-0.2, -0.15) is 0 Å². The van der Waals surface area contributed by atoms with Crippen LogP contribution in [0.2, 0.25) is 0 Å². The first-order valence-corrected chi connectivity index (χ1v) is 7.41. The van der Waals surface area contributed by atoms with Crippen LogP contribution in [0.4, 0.5) is 0 Å². The van der Waals surface area contributed by atoms with Gasteiger partial charge in [-0.3, -0.25) is 4.79 Å². The van der Waals surface area contributed by atoms with Crippen LogP contribution in [-0.4, -0.2) is 5.78 Å². The Labute approximate surface area is 153 Å². The molecule has 22 heavy (non-hydrogen) atoms. The van der Waals surface area contributed by atoms with E-state index in [0.717, 1.165) is 16.0 Å². The van der Waals surface area contributed by atoms with Crippen molar-refractivity contribution >= 4 is 27.8 Å². The van der Waals surface area contributed by atoms with Crippen LogP contribution >= 0.6 is 15.9 Å². The van der Waals surface area contributed by atoms with Crippen molar-refractivity contribution < 1.29 is 21.9 Å². The molecule has 0 heterocycles. The van der Waals surface area contributed by atoms with Crippen LogP contribution in [0, 0.1) is 63.7 Å². The molecule has 1 aromatic rings. The fourth-order valence-corrected chi connectivity index (χ4v) is 1.97. The molecule has 3 heteroatoms. The van der Waals surface area contributed by atoms with Crippen LogP contribution in [0.1, 0.15) is 5.56 Å². The molecule has 2 fully saturated rings. The topological polar surface area (TPSA) is 17.1 Å². The summed E-state index contributed by atoms with van der Waals surface area (Å²) in [5.74, 6) is 0.765. The van der Waals surface area contributed by atoms with Crippen molar-refractivity contribution in [2.45, 2.75) is 0 Å². The van der Waals surface area contributed by atoms with Crippen molar-refractivity contribution in [1.29, 1.82) is 0 Å². The van der Waals surface area contributed by atoms with Crippen LogP contribution in [0.5, 0.6) is 0 Å². The fourth-order valence-electron chi connectivity index (χ4n) is 1.70. The van der Waals surface area contributed by atoms with Gasteiger partial charge in [0.25, 0.3) is 0 Å². The SMILES string of the molecule is O=C(/C=C/c1ccc(Br)cc1)[C]1[CH][CH][CH][CH]1.[CH]1[CH][CH][CH][CH]1.[Fe+2]. The third-order valence-electron chi connectivity index (χ3n) is 2.80. The number of carbonyl (C=O) groups excluding carboxylic acids is 1. The van der Waals surface area contributed by atoms with Crippen LogP contribution < -0.4 is 0 Å². The van der Waals surface area contributed by atoms with E-state index in [1.54, 1.807) is 6.08 Å². The monoisotopic (exact) mass is 394 g/mol. The zero-order chi connectivity index (χ0) is 14.9. The third-order valence-corrected chi connectivity index (χ3v) is 3.33. The van der Waals surface area contributed by atoms with Crippen molar-refractivity contribution in [1.82, 2.24) is 0 Å². The van der Waals surface area contributed by atoms with Crippen molar-refractivity contribution in [3.05, 3.63) is 104 Å². The van der Waals surface area contributed by atoms with Gasteiger partial charge in [-0.15, -0.1) is 0 Å². The molecule has 3 rings (SSSR count). The number of ketones is 1. The van der Waals surface area contributed by atoms with Crippen LogP contribution in [0.3, 0.4) is 0 Å². The average Bonchev–Trinajstić information content (AvgIpc) is 3.21. The van der Waals surface area contributed by atoms with Gasteiger partial charge in [0.1, 0.15) is 0 Å². The van der Waals surface area contributed by atoms with Crippen molar-refractivity contribution in [3.63, 3.8) is 0 Å². The van der Waals surface area contributed by atoms with Gasteiger partial charge >= 0.3 is 17.1 Å². The molecule has 2 aliphatic carbocycles. The molecule has 0 aromatic heterocycles. The molecule has 2 aliphatic rings. The molecule has 0 amide bonds. The number of allylic oxidation sites excluding steroid dienone is 1. The van der Waals surface area contributed by atoms with Gasteiger partial charge in [-0.05, 0) is 81.6 Å². The molecule has 1 nitrogen and oxygen atoms in total. The van der Waals surface area contributed by atoms with Gasteiger partial charge < -0.3 is 0 Å². The summed E-state index contributed by atoms with van der Waals surface area (Å²) in [6, 6.07) is 7.82. The summed E-state index contributed by atoms with van der Waals surface area (Å²) in [4.78, 5) is 11.6.